The number of aromatic nitrogens is 1. The van der Waals surface area contributed by atoms with Gasteiger partial charge in [0, 0.05) is 32.8 Å². The lowest BCUT2D eigenvalue weighted by Gasteiger charge is -2.16. The number of benzene rings is 1. The van der Waals surface area contributed by atoms with Crippen molar-refractivity contribution in [3.8, 4) is 5.69 Å². The van der Waals surface area contributed by atoms with Crippen LogP contribution < -0.4 is 10.6 Å². The highest BCUT2D eigenvalue weighted by Crippen LogP contribution is 2.27. The van der Waals surface area contributed by atoms with Gasteiger partial charge in [-0.25, -0.2) is 0 Å². The molecule has 0 aliphatic heterocycles. The summed E-state index contributed by atoms with van der Waals surface area (Å²) in [6.07, 6.45) is 12.8. The Hall–Kier alpha value is -2.76. The largest absolute Gasteiger partial charge is 0.309 e. The molecule has 0 radical (unpaired) electrons. The maximum Gasteiger partial charge on any atom is 0.0646 e. The standard InChI is InChI=1S/C24H25N.C2H6/c1-6-11-20-21-15-17-24(4,5)16-14-18(3)23(21)25(22(20)7-2)19-12-9-8-10-13-19;1-2/h6-13,15-17H,1H2,2-5H3;1-2H3/b17-15-,20-11-,22-7+;. The number of nitrogens with zero attached hydrogens (tertiary/aromatic N) is 1. The van der Waals surface area contributed by atoms with E-state index in [9.17, 15) is 0 Å². The molecule has 1 aliphatic rings. The lowest BCUT2D eigenvalue weighted by Crippen LogP contribution is -2.28. The minimum absolute atomic E-state index is 0.0185. The third-order valence-corrected chi connectivity index (χ3v) is 4.55. The summed E-state index contributed by atoms with van der Waals surface area (Å²) in [7, 11) is 0. The van der Waals surface area contributed by atoms with Gasteiger partial charge in [-0.2, -0.15) is 0 Å². The van der Waals surface area contributed by atoms with Gasteiger partial charge in [-0.15, -0.1) is 5.73 Å². The molecule has 2 aromatic rings. The van der Waals surface area contributed by atoms with Crippen molar-refractivity contribution < 1.29 is 0 Å². The van der Waals surface area contributed by atoms with E-state index in [0.29, 0.717) is 0 Å². The third kappa shape index (κ3) is 4.15. The average molecular weight is 358 g/mol. The van der Waals surface area contributed by atoms with E-state index in [1.54, 1.807) is 0 Å². The van der Waals surface area contributed by atoms with E-state index in [2.05, 4.69) is 99.2 Å². The van der Waals surface area contributed by atoms with Crippen LogP contribution in [-0.2, 0) is 0 Å². The van der Waals surface area contributed by atoms with E-state index in [0.717, 1.165) is 11.3 Å². The lowest BCUT2D eigenvalue weighted by molar-refractivity contribution is 0.630. The molecule has 1 aliphatic carbocycles. The van der Waals surface area contributed by atoms with Crippen molar-refractivity contribution in [2.24, 2.45) is 5.41 Å². The van der Waals surface area contributed by atoms with E-state index in [1.807, 2.05) is 26.0 Å². The Morgan fingerprint density at radius 3 is 2.37 bits per heavy atom. The number of rotatable bonds is 2. The van der Waals surface area contributed by atoms with E-state index >= 15 is 0 Å². The van der Waals surface area contributed by atoms with Gasteiger partial charge in [0.25, 0.3) is 0 Å². The summed E-state index contributed by atoms with van der Waals surface area (Å²) in [6.45, 7) is 16.6. The highest BCUT2D eigenvalue weighted by Gasteiger charge is 2.18. The van der Waals surface area contributed by atoms with Crippen molar-refractivity contribution in [2.45, 2.75) is 41.5 Å². The molecule has 1 aromatic heterocycles. The molecular weight excluding hydrogens is 326 g/mol. The first kappa shape index (κ1) is 20.6. The van der Waals surface area contributed by atoms with Gasteiger partial charge in [0.1, 0.15) is 0 Å². The minimum atomic E-state index is -0.0185. The lowest BCUT2D eigenvalue weighted by atomic mass is 9.89. The maximum absolute atomic E-state index is 3.92. The molecule has 0 spiro atoms. The van der Waals surface area contributed by atoms with Gasteiger partial charge >= 0.3 is 0 Å². The van der Waals surface area contributed by atoms with Crippen LogP contribution >= 0.6 is 0 Å². The molecule has 0 saturated carbocycles. The van der Waals surface area contributed by atoms with Crippen LogP contribution in [0.25, 0.3) is 29.5 Å². The first-order valence-electron chi connectivity index (χ1n) is 9.72. The molecule has 0 saturated heterocycles. The zero-order valence-electron chi connectivity index (χ0n) is 17.5. The summed E-state index contributed by atoms with van der Waals surface area (Å²) in [5.74, 6) is 0. The fourth-order valence-electron chi connectivity index (χ4n) is 3.30. The van der Waals surface area contributed by atoms with Gasteiger partial charge in [0.05, 0.1) is 5.69 Å². The smallest absolute Gasteiger partial charge is 0.0646 e. The molecule has 0 bridgehead atoms. The minimum Gasteiger partial charge on any atom is -0.309 e. The molecule has 1 heteroatoms. The van der Waals surface area contributed by atoms with Crippen LogP contribution in [0, 0.1) is 5.41 Å². The number of hydrogen-bond acceptors (Lipinski definition) is 0. The van der Waals surface area contributed by atoms with Crippen LogP contribution in [0.15, 0.2) is 60.9 Å². The topological polar surface area (TPSA) is 4.93 Å². The molecule has 1 heterocycles. The molecule has 3 rings (SSSR count). The molecular formula is C26H31N. The van der Waals surface area contributed by atoms with Crippen LogP contribution in [0.5, 0.6) is 0 Å². The van der Waals surface area contributed by atoms with Gasteiger partial charge in [-0.1, -0.05) is 82.9 Å². The summed E-state index contributed by atoms with van der Waals surface area (Å²) < 4.78 is 2.32. The number of hydrogen-bond donors (Lipinski definition) is 0. The molecule has 140 valence electrons. The molecule has 27 heavy (non-hydrogen) atoms. The van der Waals surface area contributed by atoms with Crippen LogP contribution in [0.2, 0.25) is 0 Å². The SMILES string of the molecule is C=C/C=c1/c2c(n(-c3ccccc3)/c1=C/C)C(C)=C=CC(C)(C)/C=C\2.CC. The first-order valence-corrected chi connectivity index (χ1v) is 9.72. The highest BCUT2D eigenvalue weighted by molar-refractivity contribution is 5.75. The molecule has 0 unspecified atom stereocenters. The number of para-hydroxylation sites is 1. The van der Waals surface area contributed by atoms with Crippen LogP contribution in [0.1, 0.15) is 52.8 Å². The second-order valence-corrected chi connectivity index (χ2v) is 6.99. The molecule has 0 amide bonds. The van der Waals surface area contributed by atoms with E-state index < -0.39 is 0 Å². The normalized spacial score (nSPS) is 17.2. The fourth-order valence-corrected chi connectivity index (χ4v) is 3.30. The summed E-state index contributed by atoms with van der Waals surface area (Å²) >= 11 is 0. The predicted molar refractivity (Wildman–Crippen MR) is 121 cm³/mol. The van der Waals surface area contributed by atoms with Crippen LogP contribution in [-0.4, -0.2) is 4.57 Å². The van der Waals surface area contributed by atoms with Crippen molar-refractivity contribution in [1.29, 1.82) is 0 Å². The number of fused-ring (bicyclic) bond motifs is 1. The third-order valence-electron chi connectivity index (χ3n) is 4.55. The van der Waals surface area contributed by atoms with Crippen molar-refractivity contribution in [3.63, 3.8) is 0 Å². The van der Waals surface area contributed by atoms with Crippen LogP contribution in [0.3, 0.4) is 0 Å². The van der Waals surface area contributed by atoms with E-state index in [1.165, 1.54) is 21.8 Å². The Morgan fingerprint density at radius 1 is 1.11 bits per heavy atom. The second kappa shape index (κ2) is 8.75. The average Bonchev–Trinajstić information content (AvgIpc) is 2.99. The molecule has 0 N–H and O–H groups in total. The summed E-state index contributed by atoms with van der Waals surface area (Å²) in [4.78, 5) is 0. The Labute approximate surface area is 164 Å². The Bertz CT molecular complexity index is 1020. The maximum atomic E-state index is 3.92. The fraction of sp³-hybridized carbons (Fsp3) is 0.269. The van der Waals surface area contributed by atoms with Crippen molar-refractivity contribution >= 4 is 23.8 Å². The molecule has 1 nitrogen and oxygen atoms in total. The van der Waals surface area contributed by atoms with Gasteiger partial charge in [0.15, 0.2) is 0 Å². The highest BCUT2D eigenvalue weighted by atomic mass is 15.0. The first-order chi connectivity index (χ1) is 13.0. The van der Waals surface area contributed by atoms with Gasteiger partial charge in [-0.05, 0) is 32.1 Å². The number of allylic oxidation sites excluding steroid dienone is 3. The predicted octanol–water partition coefficient (Wildman–Crippen LogP) is 5.88. The zero-order chi connectivity index (χ0) is 20.0. The van der Waals surface area contributed by atoms with Gasteiger partial charge < -0.3 is 4.57 Å². The molecule has 0 atom stereocenters. The Kier molecular flexibility index (Phi) is 6.66. The quantitative estimate of drug-likeness (QED) is 0.591. The molecule has 1 aromatic carbocycles. The van der Waals surface area contributed by atoms with E-state index in [4.69, 9.17) is 0 Å². The zero-order valence-corrected chi connectivity index (χ0v) is 17.5. The van der Waals surface area contributed by atoms with Crippen LogP contribution in [0.4, 0.5) is 0 Å². The summed E-state index contributed by atoms with van der Waals surface area (Å²) in [5, 5.41) is 2.38. The Morgan fingerprint density at radius 2 is 1.78 bits per heavy atom. The van der Waals surface area contributed by atoms with Crippen molar-refractivity contribution in [2.75, 3.05) is 0 Å². The van der Waals surface area contributed by atoms with E-state index in [-0.39, 0.29) is 5.41 Å². The monoisotopic (exact) mass is 357 g/mol. The summed E-state index contributed by atoms with van der Waals surface area (Å²) in [6, 6.07) is 10.5. The van der Waals surface area contributed by atoms with Crippen molar-refractivity contribution in [1.82, 2.24) is 4.57 Å². The summed E-state index contributed by atoms with van der Waals surface area (Å²) in [5.41, 5.74) is 8.21. The second-order valence-electron chi connectivity index (χ2n) is 6.99. The van der Waals surface area contributed by atoms with Gasteiger partial charge in [-0.3, -0.25) is 0 Å². The van der Waals surface area contributed by atoms with Crippen molar-refractivity contribution in [3.05, 3.63) is 82.7 Å². The van der Waals surface area contributed by atoms with Gasteiger partial charge in [0.2, 0.25) is 0 Å². The Balaban J connectivity index is 0.00000126. The molecule has 0 fully saturated rings.